The van der Waals surface area contributed by atoms with Crippen molar-refractivity contribution in [1.29, 1.82) is 0 Å². The molecule has 1 N–H and O–H groups in total. The van der Waals surface area contributed by atoms with Crippen molar-refractivity contribution in [3.05, 3.63) is 39.3 Å². The zero-order valence-electron chi connectivity index (χ0n) is 16.7. The number of guanidine groups is 1. The summed E-state index contributed by atoms with van der Waals surface area (Å²) in [6.45, 7) is 6.73. The maximum Gasteiger partial charge on any atom is 0.194 e. The number of fused-ring (bicyclic) bond motifs is 1. The van der Waals surface area contributed by atoms with E-state index in [0.717, 1.165) is 42.7 Å². The quantitative estimate of drug-likeness (QED) is 0.628. The first kappa shape index (κ1) is 19.5. The molecule has 27 heavy (non-hydrogen) atoms. The predicted molar refractivity (Wildman–Crippen MR) is 110 cm³/mol. The van der Waals surface area contributed by atoms with Crippen LogP contribution in [0.2, 0.25) is 0 Å². The Bertz CT molecular complexity index is 816. The van der Waals surface area contributed by atoms with Crippen molar-refractivity contribution < 1.29 is 9.47 Å². The Kier molecular flexibility index (Phi) is 6.21. The fourth-order valence-electron chi connectivity index (χ4n) is 3.23. The minimum atomic E-state index is 0.466. The summed E-state index contributed by atoms with van der Waals surface area (Å²) in [6, 6.07) is 4.16. The number of nitrogens with one attached hydrogen (secondary N) is 1. The molecule has 0 unspecified atom stereocenters. The zero-order chi connectivity index (χ0) is 19.4. The molecule has 0 saturated heterocycles. The fraction of sp³-hybridized carbons (Fsp3) is 0.500. The van der Waals surface area contributed by atoms with Gasteiger partial charge < -0.3 is 19.7 Å². The lowest BCUT2D eigenvalue weighted by Gasteiger charge is -2.32. The summed E-state index contributed by atoms with van der Waals surface area (Å²) in [6.07, 6.45) is 0.949. The molecule has 0 saturated carbocycles. The average molecular weight is 389 g/mol. The number of benzene rings is 1. The molecule has 1 aromatic heterocycles. The van der Waals surface area contributed by atoms with Crippen LogP contribution in [0.15, 0.2) is 22.5 Å². The van der Waals surface area contributed by atoms with E-state index in [4.69, 9.17) is 14.5 Å². The molecule has 3 rings (SSSR count). The monoisotopic (exact) mass is 388 g/mol. The largest absolute Gasteiger partial charge is 0.493 e. The molecule has 2 aromatic rings. The van der Waals surface area contributed by atoms with Gasteiger partial charge in [-0.15, -0.1) is 11.3 Å². The van der Waals surface area contributed by atoms with Crippen molar-refractivity contribution in [2.24, 2.45) is 4.99 Å². The van der Waals surface area contributed by atoms with Gasteiger partial charge in [0, 0.05) is 31.4 Å². The van der Waals surface area contributed by atoms with Crippen LogP contribution in [-0.4, -0.2) is 43.7 Å². The van der Waals surface area contributed by atoms with Gasteiger partial charge in [-0.25, -0.2) is 4.98 Å². The SMILES string of the molecule is CN=C(NCc1csc(C(C)C)n1)N1CCc2cc(OC)c(OC)cc2C1. The minimum absolute atomic E-state index is 0.466. The van der Waals surface area contributed by atoms with Gasteiger partial charge in [-0.3, -0.25) is 4.99 Å². The number of nitrogens with zero attached hydrogens (tertiary/aromatic N) is 3. The summed E-state index contributed by atoms with van der Waals surface area (Å²) >= 11 is 1.72. The van der Waals surface area contributed by atoms with Crippen molar-refractivity contribution in [3.8, 4) is 11.5 Å². The smallest absolute Gasteiger partial charge is 0.194 e. The number of thiazole rings is 1. The first-order chi connectivity index (χ1) is 13.0. The summed E-state index contributed by atoms with van der Waals surface area (Å²) in [7, 11) is 5.17. The van der Waals surface area contributed by atoms with Crippen molar-refractivity contribution in [1.82, 2.24) is 15.2 Å². The number of rotatable bonds is 5. The third-order valence-corrected chi connectivity index (χ3v) is 5.91. The molecule has 0 fully saturated rings. The van der Waals surface area contributed by atoms with Crippen LogP contribution in [0.25, 0.3) is 0 Å². The Labute approximate surface area is 165 Å². The molecule has 0 bridgehead atoms. The normalized spacial score (nSPS) is 14.3. The summed E-state index contributed by atoms with van der Waals surface area (Å²) < 4.78 is 10.9. The van der Waals surface area contributed by atoms with Crippen molar-refractivity contribution in [3.63, 3.8) is 0 Å². The molecule has 0 amide bonds. The van der Waals surface area contributed by atoms with Gasteiger partial charge in [-0.2, -0.15) is 0 Å². The van der Waals surface area contributed by atoms with Crippen LogP contribution in [0.4, 0.5) is 0 Å². The molecule has 0 aliphatic carbocycles. The molecule has 146 valence electrons. The van der Waals surface area contributed by atoms with Gasteiger partial charge in [0.05, 0.1) is 31.5 Å². The number of ether oxygens (including phenoxy) is 2. The van der Waals surface area contributed by atoms with Gasteiger partial charge in [0.2, 0.25) is 0 Å². The van der Waals surface area contributed by atoms with E-state index < -0.39 is 0 Å². The Morgan fingerprint density at radius 1 is 1.26 bits per heavy atom. The highest BCUT2D eigenvalue weighted by Crippen LogP contribution is 2.33. The van der Waals surface area contributed by atoms with E-state index in [1.165, 1.54) is 16.1 Å². The van der Waals surface area contributed by atoms with Crippen LogP contribution >= 0.6 is 11.3 Å². The Hall–Kier alpha value is -2.28. The van der Waals surface area contributed by atoms with Gasteiger partial charge in [-0.1, -0.05) is 13.8 Å². The number of aliphatic imine (C=N–C) groups is 1. The van der Waals surface area contributed by atoms with Crippen LogP contribution in [0, 0.1) is 0 Å². The Morgan fingerprint density at radius 2 is 1.96 bits per heavy atom. The molecule has 1 aliphatic heterocycles. The second-order valence-corrected chi connectivity index (χ2v) is 7.77. The topological polar surface area (TPSA) is 59.0 Å². The van der Waals surface area contributed by atoms with Crippen molar-refractivity contribution in [2.45, 2.75) is 39.3 Å². The maximum atomic E-state index is 5.45. The lowest BCUT2D eigenvalue weighted by Crippen LogP contribution is -2.43. The third-order valence-electron chi connectivity index (χ3n) is 4.72. The fourth-order valence-corrected chi connectivity index (χ4v) is 4.07. The highest BCUT2D eigenvalue weighted by Gasteiger charge is 2.21. The van der Waals surface area contributed by atoms with Gasteiger partial charge >= 0.3 is 0 Å². The van der Waals surface area contributed by atoms with Crippen LogP contribution in [-0.2, 0) is 19.5 Å². The first-order valence-corrected chi connectivity index (χ1v) is 10.1. The van der Waals surface area contributed by atoms with Gasteiger partial charge in [-0.05, 0) is 29.7 Å². The van der Waals surface area contributed by atoms with E-state index in [9.17, 15) is 0 Å². The van der Waals surface area contributed by atoms with Crippen LogP contribution < -0.4 is 14.8 Å². The van der Waals surface area contributed by atoms with E-state index in [-0.39, 0.29) is 0 Å². The van der Waals surface area contributed by atoms with E-state index >= 15 is 0 Å². The lowest BCUT2D eigenvalue weighted by atomic mass is 9.99. The van der Waals surface area contributed by atoms with Gasteiger partial charge in [0.25, 0.3) is 0 Å². The third kappa shape index (κ3) is 4.35. The van der Waals surface area contributed by atoms with Crippen molar-refractivity contribution >= 4 is 17.3 Å². The van der Waals surface area contributed by atoms with E-state index in [2.05, 4.69) is 46.6 Å². The highest BCUT2D eigenvalue weighted by atomic mass is 32.1. The summed E-state index contributed by atoms with van der Waals surface area (Å²) in [5.41, 5.74) is 3.62. The van der Waals surface area contributed by atoms with Crippen LogP contribution in [0.5, 0.6) is 11.5 Å². The molecule has 0 spiro atoms. The standard InChI is InChI=1S/C20H28N4O2S/c1-13(2)19-23-16(12-27-19)10-22-20(21-3)24-7-6-14-8-17(25-4)18(26-5)9-15(14)11-24/h8-9,12-13H,6-7,10-11H2,1-5H3,(H,21,22). The van der Waals surface area contributed by atoms with E-state index in [0.29, 0.717) is 12.5 Å². The minimum Gasteiger partial charge on any atom is -0.493 e. The molecule has 2 heterocycles. The zero-order valence-corrected chi connectivity index (χ0v) is 17.5. The molecular formula is C20H28N4O2S. The number of hydrogen-bond acceptors (Lipinski definition) is 5. The average Bonchev–Trinajstić information content (AvgIpc) is 3.16. The number of hydrogen-bond donors (Lipinski definition) is 1. The molecule has 0 atom stereocenters. The number of aromatic nitrogens is 1. The van der Waals surface area contributed by atoms with Crippen molar-refractivity contribution in [2.75, 3.05) is 27.8 Å². The molecule has 0 radical (unpaired) electrons. The molecule has 6 nitrogen and oxygen atoms in total. The molecule has 1 aromatic carbocycles. The summed E-state index contributed by atoms with van der Waals surface area (Å²) in [5, 5.41) is 6.75. The van der Waals surface area contributed by atoms with E-state index in [1.54, 1.807) is 25.6 Å². The second kappa shape index (κ2) is 8.61. The highest BCUT2D eigenvalue weighted by molar-refractivity contribution is 7.09. The predicted octanol–water partition coefficient (Wildman–Crippen LogP) is 3.42. The summed E-state index contributed by atoms with van der Waals surface area (Å²) in [5.74, 6) is 2.92. The molecule has 1 aliphatic rings. The Morgan fingerprint density at radius 3 is 2.56 bits per heavy atom. The Balaban J connectivity index is 1.68. The molecular weight excluding hydrogens is 360 g/mol. The van der Waals surface area contributed by atoms with Gasteiger partial charge in [0.15, 0.2) is 17.5 Å². The lowest BCUT2D eigenvalue weighted by molar-refractivity contribution is 0.346. The summed E-state index contributed by atoms with van der Waals surface area (Å²) in [4.78, 5) is 11.4. The number of methoxy groups -OCH3 is 2. The van der Waals surface area contributed by atoms with Gasteiger partial charge in [0.1, 0.15) is 0 Å². The van der Waals surface area contributed by atoms with Crippen LogP contribution in [0.3, 0.4) is 0 Å². The first-order valence-electron chi connectivity index (χ1n) is 9.19. The maximum absolute atomic E-state index is 5.45. The second-order valence-electron chi connectivity index (χ2n) is 6.88. The van der Waals surface area contributed by atoms with E-state index in [1.807, 2.05) is 7.05 Å². The van der Waals surface area contributed by atoms with Crippen LogP contribution in [0.1, 0.15) is 41.6 Å². The molecule has 7 heteroatoms.